The van der Waals surface area contributed by atoms with Crippen molar-refractivity contribution in [1.82, 2.24) is 10.2 Å². The van der Waals surface area contributed by atoms with E-state index >= 15 is 0 Å². The molecule has 1 rings (SSSR count). The number of amides is 2. The summed E-state index contributed by atoms with van der Waals surface area (Å²) in [6.45, 7) is 2.27. The minimum Gasteiger partial charge on any atom is -0.368 e. The Hall–Kier alpha value is -1.10. The highest BCUT2D eigenvalue weighted by Gasteiger charge is 2.13. The second kappa shape index (κ2) is 5.59. The van der Waals surface area contributed by atoms with Gasteiger partial charge >= 0.3 is 0 Å². The second-order valence-corrected chi connectivity index (χ2v) is 3.58. The zero-order valence-corrected chi connectivity index (χ0v) is 8.29. The summed E-state index contributed by atoms with van der Waals surface area (Å²) >= 11 is 0. The standard InChI is InChI=1S/C9H17N3O2/c10-8(13)6-11-9(14)7-12-4-2-1-3-5-12/h1-7H2,(H2,10,13)(H,11,14). The van der Waals surface area contributed by atoms with Crippen LogP contribution in [0.2, 0.25) is 0 Å². The summed E-state index contributed by atoms with van der Waals surface area (Å²) in [7, 11) is 0. The van der Waals surface area contributed by atoms with Gasteiger partial charge in [-0.3, -0.25) is 14.5 Å². The summed E-state index contributed by atoms with van der Waals surface area (Å²) in [6.07, 6.45) is 3.56. The van der Waals surface area contributed by atoms with Crippen LogP contribution in [0.15, 0.2) is 0 Å². The van der Waals surface area contributed by atoms with Crippen LogP contribution in [0.25, 0.3) is 0 Å². The molecule has 14 heavy (non-hydrogen) atoms. The van der Waals surface area contributed by atoms with Gasteiger partial charge in [0.15, 0.2) is 0 Å². The third kappa shape index (κ3) is 4.23. The van der Waals surface area contributed by atoms with Gasteiger partial charge in [0.05, 0.1) is 13.1 Å². The van der Waals surface area contributed by atoms with Crippen LogP contribution >= 0.6 is 0 Å². The average molecular weight is 199 g/mol. The lowest BCUT2D eigenvalue weighted by molar-refractivity contribution is -0.125. The number of carbonyl (C=O) groups is 2. The maximum absolute atomic E-state index is 11.3. The van der Waals surface area contributed by atoms with Gasteiger partial charge in [-0.2, -0.15) is 0 Å². The fourth-order valence-electron chi connectivity index (χ4n) is 1.56. The van der Waals surface area contributed by atoms with E-state index in [-0.39, 0.29) is 12.5 Å². The van der Waals surface area contributed by atoms with Gasteiger partial charge in [-0.25, -0.2) is 0 Å². The van der Waals surface area contributed by atoms with Gasteiger partial charge in [0, 0.05) is 0 Å². The number of primary amides is 1. The Morgan fingerprint density at radius 2 is 1.86 bits per heavy atom. The van der Waals surface area contributed by atoms with Gasteiger partial charge in [-0.1, -0.05) is 6.42 Å². The molecule has 1 saturated heterocycles. The molecule has 0 spiro atoms. The Balaban J connectivity index is 2.15. The molecule has 0 aromatic heterocycles. The summed E-state index contributed by atoms with van der Waals surface area (Å²) in [5, 5.41) is 2.47. The highest BCUT2D eigenvalue weighted by molar-refractivity contribution is 5.84. The van der Waals surface area contributed by atoms with Gasteiger partial charge in [0.25, 0.3) is 0 Å². The van der Waals surface area contributed by atoms with Gasteiger partial charge in [-0.15, -0.1) is 0 Å². The van der Waals surface area contributed by atoms with Gasteiger partial charge in [-0.05, 0) is 25.9 Å². The fraction of sp³-hybridized carbons (Fsp3) is 0.778. The molecule has 2 amide bonds. The van der Waals surface area contributed by atoms with Gasteiger partial charge < -0.3 is 11.1 Å². The molecule has 0 saturated carbocycles. The van der Waals surface area contributed by atoms with E-state index in [2.05, 4.69) is 10.2 Å². The number of likely N-dealkylation sites (tertiary alicyclic amines) is 1. The molecule has 1 heterocycles. The van der Waals surface area contributed by atoms with Crippen molar-refractivity contribution < 1.29 is 9.59 Å². The lowest BCUT2D eigenvalue weighted by atomic mass is 10.1. The molecular formula is C9H17N3O2. The average Bonchev–Trinajstić information content (AvgIpc) is 2.16. The molecule has 5 heteroatoms. The Kier molecular flexibility index (Phi) is 4.39. The minimum atomic E-state index is -0.503. The summed E-state index contributed by atoms with van der Waals surface area (Å²) < 4.78 is 0. The lowest BCUT2D eigenvalue weighted by Crippen LogP contribution is -2.42. The number of piperidine rings is 1. The number of nitrogens with zero attached hydrogens (tertiary/aromatic N) is 1. The number of rotatable bonds is 4. The summed E-state index contributed by atoms with van der Waals surface area (Å²) in [5.74, 6) is -0.623. The molecule has 3 N–H and O–H groups in total. The topological polar surface area (TPSA) is 75.4 Å². The zero-order valence-electron chi connectivity index (χ0n) is 8.29. The monoisotopic (exact) mass is 199 g/mol. The van der Waals surface area contributed by atoms with Crippen molar-refractivity contribution in [3.63, 3.8) is 0 Å². The Bertz CT molecular complexity index is 212. The van der Waals surface area contributed by atoms with Crippen LogP contribution in [0.4, 0.5) is 0 Å². The van der Waals surface area contributed by atoms with E-state index in [0.29, 0.717) is 6.54 Å². The Morgan fingerprint density at radius 1 is 1.21 bits per heavy atom. The first-order valence-electron chi connectivity index (χ1n) is 4.96. The van der Waals surface area contributed by atoms with Crippen LogP contribution in [0.1, 0.15) is 19.3 Å². The normalized spacial score (nSPS) is 17.7. The fourth-order valence-corrected chi connectivity index (χ4v) is 1.56. The molecule has 0 bridgehead atoms. The summed E-state index contributed by atoms with van der Waals surface area (Å²) in [4.78, 5) is 23.7. The first-order chi connectivity index (χ1) is 6.68. The van der Waals surface area contributed by atoms with Crippen molar-refractivity contribution in [2.75, 3.05) is 26.2 Å². The number of nitrogens with two attached hydrogens (primary N) is 1. The molecule has 0 aromatic carbocycles. The molecule has 0 atom stereocenters. The third-order valence-electron chi connectivity index (χ3n) is 2.28. The van der Waals surface area contributed by atoms with Gasteiger partial charge in [0.1, 0.15) is 0 Å². The van der Waals surface area contributed by atoms with Crippen molar-refractivity contribution in [3.8, 4) is 0 Å². The molecule has 1 fully saturated rings. The van der Waals surface area contributed by atoms with E-state index in [1.54, 1.807) is 0 Å². The van der Waals surface area contributed by atoms with Gasteiger partial charge in [0.2, 0.25) is 11.8 Å². The van der Waals surface area contributed by atoms with E-state index in [1.807, 2.05) is 0 Å². The molecular weight excluding hydrogens is 182 g/mol. The smallest absolute Gasteiger partial charge is 0.236 e. The van der Waals surface area contributed by atoms with Crippen molar-refractivity contribution in [3.05, 3.63) is 0 Å². The molecule has 5 nitrogen and oxygen atoms in total. The number of carbonyl (C=O) groups excluding carboxylic acids is 2. The van der Waals surface area contributed by atoms with E-state index < -0.39 is 5.91 Å². The van der Waals surface area contributed by atoms with Crippen LogP contribution in [0.3, 0.4) is 0 Å². The maximum Gasteiger partial charge on any atom is 0.236 e. The third-order valence-corrected chi connectivity index (χ3v) is 2.28. The quantitative estimate of drug-likeness (QED) is 0.614. The molecule has 0 radical (unpaired) electrons. The molecule has 1 aliphatic heterocycles. The van der Waals surface area contributed by atoms with Crippen LogP contribution in [-0.2, 0) is 9.59 Å². The molecule has 0 aliphatic carbocycles. The van der Waals surface area contributed by atoms with Crippen molar-refractivity contribution in [1.29, 1.82) is 0 Å². The lowest BCUT2D eigenvalue weighted by Gasteiger charge is -2.25. The highest BCUT2D eigenvalue weighted by Crippen LogP contribution is 2.07. The van der Waals surface area contributed by atoms with Crippen molar-refractivity contribution in [2.45, 2.75) is 19.3 Å². The predicted octanol–water partition coefficient (Wildman–Crippen LogP) is -0.926. The number of nitrogens with one attached hydrogen (secondary N) is 1. The first-order valence-corrected chi connectivity index (χ1v) is 4.96. The number of hydrogen-bond donors (Lipinski definition) is 2. The highest BCUT2D eigenvalue weighted by atomic mass is 16.2. The molecule has 0 aromatic rings. The van der Waals surface area contributed by atoms with Crippen LogP contribution < -0.4 is 11.1 Å². The Labute approximate surface area is 83.6 Å². The van der Waals surface area contributed by atoms with Crippen molar-refractivity contribution in [2.24, 2.45) is 5.73 Å². The molecule has 0 unspecified atom stereocenters. The summed E-state index contributed by atoms with van der Waals surface area (Å²) in [6, 6.07) is 0. The summed E-state index contributed by atoms with van der Waals surface area (Å²) in [5.41, 5.74) is 4.91. The van der Waals surface area contributed by atoms with E-state index in [0.717, 1.165) is 25.9 Å². The van der Waals surface area contributed by atoms with Crippen molar-refractivity contribution >= 4 is 11.8 Å². The van der Waals surface area contributed by atoms with Crippen LogP contribution in [0, 0.1) is 0 Å². The SMILES string of the molecule is NC(=O)CNC(=O)CN1CCCCC1. The molecule has 80 valence electrons. The maximum atomic E-state index is 11.3. The van der Waals surface area contributed by atoms with E-state index in [1.165, 1.54) is 6.42 Å². The Morgan fingerprint density at radius 3 is 2.43 bits per heavy atom. The minimum absolute atomic E-state index is 0.0628. The predicted molar refractivity (Wildman–Crippen MR) is 52.5 cm³/mol. The first kappa shape index (κ1) is 11.0. The molecule has 1 aliphatic rings. The van der Waals surface area contributed by atoms with Crippen LogP contribution in [-0.4, -0.2) is 42.9 Å². The zero-order chi connectivity index (χ0) is 10.4. The van der Waals surface area contributed by atoms with E-state index in [9.17, 15) is 9.59 Å². The largest absolute Gasteiger partial charge is 0.368 e. The number of hydrogen-bond acceptors (Lipinski definition) is 3. The van der Waals surface area contributed by atoms with Crippen LogP contribution in [0.5, 0.6) is 0 Å². The van der Waals surface area contributed by atoms with E-state index in [4.69, 9.17) is 5.73 Å². The second-order valence-electron chi connectivity index (χ2n) is 3.58.